The molecule has 31 heavy (non-hydrogen) atoms. The molecule has 0 aliphatic carbocycles. The molecule has 3 rings (SSSR count). The van der Waals surface area contributed by atoms with E-state index >= 15 is 0 Å². The second-order valence-electron chi connectivity index (χ2n) is 7.30. The van der Waals surface area contributed by atoms with Crippen molar-refractivity contribution in [1.29, 1.82) is 0 Å². The van der Waals surface area contributed by atoms with Crippen LogP contribution in [-0.2, 0) is 10.0 Å². The van der Waals surface area contributed by atoms with E-state index in [2.05, 4.69) is 22.4 Å². The van der Waals surface area contributed by atoms with Crippen LogP contribution in [0.5, 0.6) is 0 Å². The van der Waals surface area contributed by atoms with Crippen molar-refractivity contribution in [1.82, 2.24) is 4.90 Å². The Morgan fingerprint density at radius 2 is 1.97 bits per heavy atom. The average Bonchev–Trinajstić information content (AvgIpc) is 2.76. The summed E-state index contributed by atoms with van der Waals surface area (Å²) >= 11 is 1.68. The van der Waals surface area contributed by atoms with Gasteiger partial charge in [-0.2, -0.15) is 0 Å². The normalized spacial score (nSPS) is 15.5. The van der Waals surface area contributed by atoms with Crippen molar-refractivity contribution in [2.45, 2.75) is 28.7 Å². The Kier molecular flexibility index (Phi) is 8.08. The van der Waals surface area contributed by atoms with Crippen LogP contribution in [0.15, 0.2) is 70.5 Å². The maximum Gasteiger partial charge on any atom is 0.293 e. The molecule has 1 aliphatic rings. The number of thioether (sulfide) groups is 1. The van der Waals surface area contributed by atoms with Crippen LogP contribution >= 0.6 is 11.8 Å². The standard InChI is InChI=1S/C21H26N4O4S2/c22-31(28,29)19-9-10-20(21(15-19)25(26)27)23-17(11-14-24-12-5-2-6-13-24)16-30-18-7-3-1-4-8-18/h1-5,7-10,15,17,23H,6,11-14,16H2,(H2,22,28,29)/t17-/m1/s1. The van der Waals surface area contributed by atoms with Crippen LogP contribution in [0.2, 0.25) is 0 Å². The van der Waals surface area contributed by atoms with Crippen molar-refractivity contribution in [2.75, 3.05) is 30.7 Å². The summed E-state index contributed by atoms with van der Waals surface area (Å²) in [6, 6.07) is 13.6. The number of hydrogen-bond donors (Lipinski definition) is 2. The third-order valence-corrected chi connectivity index (χ3v) is 7.07. The molecule has 1 aliphatic heterocycles. The van der Waals surface area contributed by atoms with E-state index in [0.717, 1.165) is 43.4 Å². The zero-order valence-corrected chi connectivity index (χ0v) is 18.6. The van der Waals surface area contributed by atoms with Crippen molar-refractivity contribution < 1.29 is 13.3 Å². The molecule has 166 valence electrons. The Morgan fingerprint density at radius 3 is 2.61 bits per heavy atom. The van der Waals surface area contributed by atoms with Gasteiger partial charge < -0.3 is 5.32 Å². The van der Waals surface area contributed by atoms with Gasteiger partial charge in [0, 0.05) is 42.4 Å². The number of sulfonamides is 1. The molecule has 0 saturated carbocycles. The highest BCUT2D eigenvalue weighted by Crippen LogP contribution is 2.29. The molecular formula is C21H26N4O4S2. The summed E-state index contributed by atoms with van der Waals surface area (Å²) in [5, 5.41) is 20.0. The van der Waals surface area contributed by atoms with E-state index in [0.29, 0.717) is 5.75 Å². The van der Waals surface area contributed by atoms with Gasteiger partial charge in [0.1, 0.15) is 5.69 Å². The molecule has 10 heteroatoms. The van der Waals surface area contributed by atoms with Crippen molar-refractivity contribution >= 4 is 33.2 Å². The number of nitrogens with zero attached hydrogens (tertiary/aromatic N) is 2. The summed E-state index contributed by atoms with van der Waals surface area (Å²) in [5.74, 6) is 0.710. The first kappa shape index (κ1) is 23.3. The minimum absolute atomic E-state index is 0.0462. The molecule has 0 fully saturated rings. The minimum atomic E-state index is -4.02. The number of primary sulfonamides is 1. The molecule has 2 aromatic carbocycles. The lowest BCUT2D eigenvalue weighted by Gasteiger charge is -2.26. The Labute approximate surface area is 186 Å². The fraction of sp³-hybridized carbons (Fsp3) is 0.333. The molecule has 0 radical (unpaired) electrons. The van der Waals surface area contributed by atoms with Gasteiger partial charge in [-0.05, 0) is 37.1 Å². The fourth-order valence-electron chi connectivity index (χ4n) is 3.32. The number of nitro benzene ring substituents is 1. The van der Waals surface area contributed by atoms with E-state index in [1.54, 1.807) is 11.8 Å². The second-order valence-corrected chi connectivity index (χ2v) is 9.95. The summed E-state index contributed by atoms with van der Waals surface area (Å²) < 4.78 is 23.2. The van der Waals surface area contributed by atoms with Crippen LogP contribution in [0.4, 0.5) is 11.4 Å². The molecule has 0 bridgehead atoms. The predicted octanol–water partition coefficient (Wildman–Crippen LogP) is 3.47. The predicted molar refractivity (Wildman–Crippen MR) is 124 cm³/mol. The quantitative estimate of drug-likeness (QED) is 0.240. The van der Waals surface area contributed by atoms with Gasteiger partial charge in [-0.25, -0.2) is 13.6 Å². The highest BCUT2D eigenvalue weighted by molar-refractivity contribution is 7.99. The van der Waals surface area contributed by atoms with Crippen molar-refractivity contribution in [3.63, 3.8) is 0 Å². The summed E-state index contributed by atoms with van der Waals surface area (Å²) in [7, 11) is -4.02. The summed E-state index contributed by atoms with van der Waals surface area (Å²) in [4.78, 5) is 14.2. The first-order valence-corrected chi connectivity index (χ1v) is 12.5. The van der Waals surface area contributed by atoms with E-state index in [9.17, 15) is 18.5 Å². The van der Waals surface area contributed by atoms with E-state index in [1.807, 2.05) is 30.3 Å². The van der Waals surface area contributed by atoms with Gasteiger partial charge in [0.05, 0.1) is 9.82 Å². The smallest absolute Gasteiger partial charge is 0.293 e. The van der Waals surface area contributed by atoms with Crippen LogP contribution in [0.3, 0.4) is 0 Å². The third kappa shape index (κ3) is 7.06. The van der Waals surface area contributed by atoms with E-state index in [-0.39, 0.29) is 22.3 Å². The first-order valence-electron chi connectivity index (χ1n) is 9.96. The van der Waals surface area contributed by atoms with Gasteiger partial charge in [-0.3, -0.25) is 15.0 Å². The largest absolute Gasteiger partial charge is 0.376 e. The molecule has 0 unspecified atom stereocenters. The van der Waals surface area contributed by atoms with E-state index in [1.165, 1.54) is 12.1 Å². The molecule has 1 atom stereocenters. The lowest BCUT2D eigenvalue weighted by Crippen LogP contribution is -2.33. The van der Waals surface area contributed by atoms with Gasteiger partial charge in [0.2, 0.25) is 10.0 Å². The van der Waals surface area contributed by atoms with Crippen LogP contribution in [-0.4, -0.2) is 49.7 Å². The van der Waals surface area contributed by atoms with Crippen LogP contribution in [0.1, 0.15) is 12.8 Å². The Bertz CT molecular complexity index is 1030. The third-order valence-electron chi connectivity index (χ3n) is 4.98. The number of nitrogens with two attached hydrogens (primary N) is 1. The Balaban J connectivity index is 1.77. The summed E-state index contributed by atoms with van der Waals surface area (Å²) in [6.07, 6.45) is 6.15. The van der Waals surface area contributed by atoms with E-state index in [4.69, 9.17) is 5.14 Å². The monoisotopic (exact) mass is 462 g/mol. The van der Waals surface area contributed by atoms with Gasteiger partial charge >= 0.3 is 0 Å². The molecule has 0 saturated heterocycles. The molecule has 0 aromatic heterocycles. The van der Waals surface area contributed by atoms with Gasteiger partial charge in [-0.15, -0.1) is 11.8 Å². The number of nitrogens with one attached hydrogen (secondary N) is 1. The zero-order valence-electron chi connectivity index (χ0n) is 17.0. The lowest BCUT2D eigenvalue weighted by atomic mass is 10.1. The molecule has 3 N–H and O–H groups in total. The highest BCUT2D eigenvalue weighted by Gasteiger charge is 2.22. The van der Waals surface area contributed by atoms with Gasteiger partial charge in [-0.1, -0.05) is 30.4 Å². The fourth-order valence-corrected chi connectivity index (χ4v) is 4.85. The average molecular weight is 463 g/mol. The molecular weight excluding hydrogens is 436 g/mol. The van der Waals surface area contributed by atoms with Crippen molar-refractivity contribution in [3.05, 3.63) is 70.8 Å². The van der Waals surface area contributed by atoms with Crippen LogP contribution in [0, 0.1) is 10.1 Å². The number of anilines is 1. The summed E-state index contributed by atoms with van der Waals surface area (Å²) in [5.41, 5.74) is -0.0169. The number of rotatable bonds is 10. The number of nitro groups is 1. The van der Waals surface area contributed by atoms with Crippen LogP contribution < -0.4 is 10.5 Å². The molecule has 2 aromatic rings. The zero-order chi connectivity index (χ0) is 22.3. The maximum absolute atomic E-state index is 11.6. The van der Waals surface area contributed by atoms with E-state index < -0.39 is 14.9 Å². The van der Waals surface area contributed by atoms with Gasteiger partial charge in [0.15, 0.2) is 0 Å². The number of hydrogen-bond acceptors (Lipinski definition) is 7. The topological polar surface area (TPSA) is 119 Å². The summed E-state index contributed by atoms with van der Waals surface area (Å²) in [6.45, 7) is 2.76. The molecule has 1 heterocycles. The van der Waals surface area contributed by atoms with Crippen LogP contribution in [0.25, 0.3) is 0 Å². The SMILES string of the molecule is NS(=O)(=O)c1ccc(N[C@H](CCN2CC=CCC2)CSc2ccccc2)c([N+](=O)[O-])c1. The Morgan fingerprint density at radius 1 is 1.19 bits per heavy atom. The highest BCUT2D eigenvalue weighted by atomic mass is 32.2. The van der Waals surface area contributed by atoms with Gasteiger partial charge in [0.25, 0.3) is 5.69 Å². The lowest BCUT2D eigenvalue weighted by molar-refractivity contribution is -0.384. The molecule has 8 nitrogen and oxygen atoms in total. The second kappa shape index (κ2) is 10.8. The Hall–Kier alpha value is -2.40. The first-order chi connectivity index (χ1) is 14.8. The van der Waals surface area contributed by atoms with Crippen molar-refractivity contribution in [2.24, 2.45) is 5.14 Å². The minimum Gasteiger partial charge on any atom is -0.376 e. The van der Waals surface area contributed by atoms with Crippen molar-refractivity contribution in [3.8, 4) is 0 Å². The maximum atomic E-state index is 11.6. The molecule has 0 spiro atoms. The molecule has 0 amide bonds. The number of benzene rings is 2.